The zero-order valence-electron chi connectivity index (χ0n) is 19.1. The van der Waals surface area contributed by atoms with E-state index in [1.165, 1.54) is 38.5 Å². The molecule has 31 heavy (non-hydrogen) atoms. The second-order valence-electron chi connectivity index (χ2n) is 9.00. The molecule has 176 valence electrons. The van der Waals surface area contributed by atoms with Crippen molar-refractivity contribution in [3.8, 4) is 0 Å². The topological polar surface area (TPSA) is 76.8 Å². The van der Waals surface area contributed by atoms with E-state index in [-0.39, 0.29) is 24.0 Å². The molecule has 0 bridgehead atoms. The number of aryl methyl sites for hydroxylation is 1. The third kappa shape index (κ3) is 7.02. The number of aromatic nitrogens is 3. The highest BCUT2D eigenvalue weighted by molar-refractivity contribution is 14.0. The third-order valence-electron chi connectivity index (χ3n) is 6.77. The molecule has 1 aliphatic carbocycles. The molecule has 3 heterocycles. The summed E-state index contributed by atoms with van der Waals surface area (Å²) in [5.74, 6) is 2.85. The quantitative estimate of drug-likeness (QED) is 0.336. The number of nitrogens with one attached hydrogen (secondary N) is 1. The average Bonchev–Trinajstić information content (AvgIpc) is 3.41. The number of piperidine rings is 1. The van der Waals surface area contributed by atoms with E-state index < -0.39 is 0 Å². The Morgan fingerprint density at radius 3 is 2.48 bits per heavy atom. The van der Waals surface area contributed by atoms with Gasteiger partial charge in [0.15, 0.2) is 11.8 Å². The Bertz CT molecular complexity index is 692. The van der Waals surface area contributed by atoms with Crippen molar-refractivity contribution < 1.29 is 9.47 Å². The number of rotatable bonds is 6. The van der Waals surface area contributed by atoms with E-state index in [0.717, 1.165) is 63.2 Å². The number of nitrogens with zero attached hydrogens (tertiary/aromatic N) is 5. The molecule has 0 aromatic carbocycles. The predicted octanol–water partition coefficient (Wildman–Crippen LogP) is 3.18. The Morgan fingerprint density at radius 2 is 1.84 bits per heavy atom. The van der Waals surface area contributed by atoms with Crippen LogP contribution < -0.4 is 5.32 Å². The normalized spacial score (nSPS) is 23.7. The Hall–Kier alpha value is -0.940. The van der Waals surface area contributed by atoms with Crippen molar-refractivity contribution >= 4 is 29.9 Å². The molecule has 1 aromatic rings. The van der Waals surface area contributed by atoms with Gasteiger partial charge in [0.05, 0.1) is 18.8 Å². The van der Waals surface area contributed by atoms with Gasteiger partial charge in [0.2, 0.25) is 0 Å². The lowest BCUT2D eigenvalue weighted by Gasteiger charge is -2.36. The summed E-state index contributed by atoms with van der Waals surface area (Å²) in [7, 11) is 2.00. The van der Waals surface area contributed by atoms with Gasteiger partial charge in [-0.2, -0.15) is 0 Å². The van der Waals surface area contributed by atoms with E-state index in [9.17, 15) is 0 Å². The maximum atomic E-state index is 6.20. The molecule has 0 radical (unpaired) electrons. The third-order valence-corrected chi connectivity index (χ3v) is 6.77. The summed E-state index contributed by atoms with van der Waals surface area (Å²) in [5, 5.41) is 12.2. The average molecular weight is 546 g/mol. The Labute approximate surface area is 203 Å². The molecule has 1 aromatic heterocycles. The summed E-state index contributed by atoms with van der Waals surface area (Å²) in [6.45, 7) is 6.13. The molecule has 1 atom stereocenters. The maximum Gasteiger partial charge on any atom is 0.194 e. The zero-order chi connectivity index (χ0) is 20.8. The van der Waals surface area contributed by atoms with Crippen molar-refractivity contribution in [1.82, 2.24) is 25.0 Å². The van der Waals surface area contributed by atoms with Crippen molar-refractivity contribution in [1.29, 1.82) is 0 Å². The van der Waals surface area contributed by atoms with Crippen molar-refractivity contribution in [3.05, 3.63) is 11.6 Å². The molecular weight excluding hydrogens is 507 g/mol. The van der Waals surface area contributed by atoms with E-state index in [4.69, 9.17) is 14.5 Å². The van der Waals surface area contributed by atoms with Crippen LogP contribution in [-0.4, -0.2) is 70.2 Å². The molecule has 4 rings (SSSR count). The number of halogens is 1. The fraction of sp³-hybridized carbons (Fsp3) is 0.864. The number of ether oxygens (including phenoxy) is 2. The molecule has 2 aliphatic heterocycles. The fourth-order valence-corrected chi connectivity index (χ4v) is 4.64. The fourth-order valence-electron chi connectivity index (χ4n) is 4.64. The molecule has 8 nitrogen and oxygen atoms in total. The SMILES string of the molecule is Cc1nnc(CN=C(NC2CCCC2)N2CCC(OCC3CCCCO3)CC2)n1C.I. The molecule has 0 amide bonds. The van der Waals surface area contributed by atoms with Crippen molar-refractivity contribution in [2.24, 2.45) is 12.0 Å². The van der Waals surface area contributed by atoms with Crippen LogP contribution in [0.3, 0.4) is 0 Å². The molecule has 9 heteroatoms. The van der Waals surface area contributed by atoms with E-state index in [0.29, 0.717) is 24.8 Å². The molecule has 3 fully saturated rings. The summed E-state index contributed by atoms with van der Waals surface area (Å²) in [6, 6.07) is 0.544. The van der Waals surface area contributed by atoms with Crippen LogP contribution in [0.2, 0.25) is 0 Å². The molecule has 1 saturated carbocycles. The van der Waals surface area contributed by atoms with Crippen molar-refractivity contribution in [2.75, 3.05) is 26.3 Å². The van der Waals surface area contributed by atoms with Gasteiger partial charge in [0.25, 0.3) is 0 Å². The second-order valence-corrected chi connectivity index (χ2v) is 9.00. The smallest absolute Gasteiger partial charge is 0.194 e. The molecule has 0 spiro atoms. The first kappa shape index (κ1) is 24.7. The Kier molecular flexibility index (Phi) is 9.83. The summed E-state index contributed by atoms with van der Waals surface area (Å²) in [4.78, 5) is 7.35. The van der Waals surface area contributed by atoms with E-state index >= 15 is 0 Å². The lowest BCUT2D eigenvalue weighted by molar-refractivity contribution is -0.0721. The van der Waals surface area contributed by atoms with Gasteiger partial charge in [-0.3, -0.25) is 0 Å². The first-order chi connectivity index (χ1) is 14.7. The Balaban J connectivity index is 0.00000272. The molecule has 2 saturated heterocycles. The van der Waals surface area contributed by atoms with Gasteiger partial charge in [0, 0.05) is 32.8 Å². The van der Waals surface area contributed by atoms with Crippen LogP contribution in [0.15, 0.2) is 4.99 Å². The van der Waals surface area contributed by atoms with Gasteiger partial charge < -0.3 is 24.3 Å². The van der Waals surface area contributed by atoms with Crippen LogP contribution in [-0.2, 0) is 23.1 Å². The van der Waals surface area contributed by atoms with Crippen LogP contribution in [0, 0.1) is 6.92 Å². The number of hydrogen-bond acceptors (Lipinski definition) is 5. The first-order valence-corrected chi connectivity index (χ1v) is 11.8. The summed E-state index contributed by atoms with van der Waals surface area (Å²) >= 11 is 0. The predicted molar refractivity (Wildman–Crippen MR) is 132 cm³/mol. The van der Waals surface area contributed by atoms with Gasteiger partial charge in [0.1, 0.15) is 12.4 Å². The van der Waals surface area contributed by atoms with E-state index in [2.05, 4.69) is 20.4 Å². The van der Waals surface area contributed by atoms with E-state index in [1.54, 1.807) is 0 Å². The summed E-state index contributed by atoms with van der Waals surface area (Å²) < 4.78 is 14.0. The van der Waals surface area contributed by atoms with Crippen molar-refractivity contribution in [2.45, 2.75) is 89.5 Å². The van der Waals surface area contributed by atoms with Gasteiger partial charge in [-0.05, 0) is 51.9 Å². The molecule has 1 N–H and O–H groups in total. The standard InChI is InChI=1S/C22H38N6O2.HI/c1-17-25-26-21(27(17)2)15-23-22(24-18-7-3-4-8-18)28-12-10-19(11-13-28)30-16-20-9-5-6-14-29-20;/h18-20H,3-16H2,1-2H3,(H,23,24);1H. The maximum absolute atomic E-state index is 6.20. The monoisotopic (exact) mass is 546 g/mol. The highest BCUT2D eigenvalue weighted by Crippen LogP contribution is 2.21. The second kappa shape index (κ2) is 12.3. The van der Waals surface area contributed by atoms with Crippen LogP contribution in [0.1, 0.15) is 69.4 Å². The van der Waals surface area contributed by atoms with Crippen molar-refractivity contribution in [3.63, 3.8) is 0 Å². The van der Waals surface area contributed by atoms with Crippen LogP contribution in [0.25, 0.3) is 0 Å². The van der Waals surface area contributed by atoms with Gasteiger partial charge in [-0.25, -0.2) is 4.99 Å². The molecule has 3 aliphatic rings. The number of aliphatic imine (C=N–C) groups is 1. The highest BCUT2D eigenvalue weighted by Gasteiger charge is 2.26. The lowest BCUT2D eigenvalue weighted by Crippen LogP contribution is -2.49. The number of likely N-dealkylation sites (tertiary alicyclic amines) is 1. The highest BCUT2D eigenvalue weighted by atomic mass is 127. The van der Waals surface area contributed by atoms with Crippen LogP contribution in [0.4, 0.5) is 0 Å². The molecular formula is C22H39IN6O2. The summed E-state index contributed by atoms with van der Waals surface area (Å²) in [6.07, 6.45) is 11.4. The van der Waals surface area contributed by atoms with Gasteiger partial charge >= 0.3 is 0 Å². The molecule has 1 unspecified atom stereocenters. The largest absolute Gasteiger partial charge is 0.376 e. The van der Waals surface area contributed by atoms with Crippen LogP contribution in [0.5, 0.6) is 0 Å². The lowest BCUT2D eigenvalue weighted by atomic mass is 10.1. The Morgan fingerprint density at radius 1 is 1.10 bits per heavy atom. The van der Waals surface area contributed by atoms with Crippen LogP contribution >= 0.6 is 24.0 Å². The minimum atomic E-state index is 0. The number of hydrogen-bond donors (Lipinski definition) is 1. The minimum Gasteiger partial charge on any atom is -0.376 e. The van der Waals surface area contributed by atoms with Gasteiger partial charge in [-0.15, -0.1) is 34.2 Å². The minimum absolute atomic E-state index is 0. The van der Waals surface area contributed by atoms with Gasteiger partial charge in [-0.1, -0.05) is 12.8 Å². The zero-order valence-corrected chi connectivity index (χ0v) is 21.4. The number of guanidine groups is 1. The first-order valence-electron chi connectivity index (χ1n) is 11.8. The van der Waals surface area contributed by atoms with E-state index in [1.807, 2.05) is 18.5 Å². The summed E-state index contributed by atoms with van der Waals surface area (Å²) in [5.41, 5.74) is 0.